The number of benzene rings is 1. The van der Waals surface area contributed by atoms with E-state index in [0.29, 0.717) is 32.3 Å². The van der Waals surface area contributed by atoms with E-state index >= 15 is 0 Å². The number of nitrogens with one attached hydrogen (secondary N) is 1. The van der Waals surface area contributed by atoms with Crippen LogP contribution in [0.25, 0.3) is 0 Å². The van der Waals surface area contributed by atoms with E-state index in [9.17, 15) is 0 Å². The van der Waals surface area contributed by atoms with Crippen LogP contribution in [-0.4, -0.2) is 48.2 Å². The highest BCUT2D eigenvalue weighted by molar-refractivity contribution is 6.30. The monoisotopic (exact) mass is 403 g/mol. The van der Waals surface area contributed by atoms with Crippen molar-refractivity contribution in [2.75, 3.05) is 31.7 Å². The zero-order chi connectivity index (χ0) is 19.6. The van der Waals surface area contributed by atoms with Crippen molar-refractivity contribution < 1.29 is 14.2 Å². The molecule has 3 heterocycles. The van der Waals surface area contributed by atoms with Gasteiger partial charge in [0.25, 0.3) is 0 Å². The van der Waals surface area contributed by atoms with Crippen molar-refractivity contribution in [1.82, 2.24) is 9.97 Å². The van der Waals surface area contributed by atoms with Crippen LogP contribution in [0.3, 0.4) is 0 Å². The van der Waals surface area contributed by atoms with Crippen molar-refractivity contribution >= 4 is 17.5 Å². The molecule has 0 aliphatic carbocycles. The molecule has 0 radical (unpaired) electrons. The number of aromatic nitrogens is 2. The Bertz CT molecular complexity index is 799. The van der Waals surface area contributed by atoms with Crippen LogP contribution in [0.2, 0.25) is 5.02 Å². The van der Waals surface area contributed by atoms with E-state index < -0.39 is 5.79 Å². The molecule has 1 N–H and O–H groups in total. The lowest BCUT2D eigenvalue weighted by molar-refractivity contribution is -0.209. The summed E-state index contributed by atoms with van der Waals surface area (Å²) in [6.07, 6.45) is 2.37. The van der Waals surface area contributed by atoms with E-state index in [1.54, 1.807) is 0 Å². The Kier molecular flexibility index (Phi) is 5.83. The fraction of sp³-hybridized carbons (Fsp3) is 0.524. The Morgan fingerprint density at radius 1 is 1.11 bits per heavy atom. The number of hydrogen-bond donors (Lipinski definition) is 1. The fourth-order valence-electron chi connectivity index (χ4n) is 3.75. The summed E-state index contributed by atoms with van der Waals surface area (Å²) < 4.78 is 17.5. The first-order valence-electron chi connectivity index (χ1n) is 9.75. The van der Waals surface area contributed by atoms with Crippen LogP contribution in [0, 0.1) is 13.8 Å². The Hall–Kier alpha value is -1.73. The van der Waals surface area contributed by atoms with Crippen molar-refractivity contribution in [1.29, 1.82) is 0 Å². The third kappa shape index (κ3) is 4.46. The van der Waals surface area contributed by atoms with Gasteiger partial charge < -0.3 is 19.5 Å². The molecule has 28 heavy (non-hydrogen) atoms. The Balaban J connectivity index is 1.37. The number of halogens is 1. The average molecular weight is 404 g/mol. The van der Waals surface area contributed by atoms with Crippen molar-refractivity contribution in [2.24, 2.45) is 0 Å². The summed E-state index contributed by atoms with van der Waals surface area (Å²) in [6, 6.07) is 7.90. The maximum Gasteiger partial charge on any atom is 0.223 e. The van der Waals surface area contributed by atoms with E-state index in [2.05, 4.69) is 15.3 Å². The van der Waals surface area contributed by atoms with Crippen LogP contribution in [0.1, 0.15) is 35.4 Å². The van der Waals surface area contributed by atoms with Gasteiger partial charge in [0, 0.05) is 42.2 Å². The molecule has 2 aromatic rings. The maximum atomic E-state index is 6.15. The quantitative estimate of drug-likeness (QED) is 0.821. The first-order valence-corrected chi connectivity index (χ1v) is 10.1. The number of nitrogens with zero attached hydrogens (tertiary/aromatic N) is 2. The molecule has 2 fully saturated rings. The number of aryl methyl sites for hydroxylation is 2. The van der Waals surface area contributed by atoms with E-state index in [0.717, 1.165) is 41.2 Å². The molecule has 4 rings (SSSR count). The smallest absolute Gasteiger partial charge is 0.223 e. The minimum atomic E-state index is -0.459. The molecule has 0 bridgehead atoms. The molecular formula is C21H26ClN3O3. The summed E-state index contributed by atoms with van der Waals surface area (Å²) in [6.45, 7) is 6.64. The van der Waals surface area contributed by atoms with Gasteiger partial charge >= 0.3 is 0 Å². The maximum absolute atomic E-state index is 6.15. The van der Waals surface area contributed by atoms with Gasteiger partial charge in [-0.1, -0.05) is 23.7 Å². The predicted octanol–water partition coefficient (Wildman–Crippen LogP) is 3.67. The highest BCUT2D eigenvalue weighted by atomic mass is 35.5. The number of hydrogen-bond acceptors (Lipinski definition) is 6. The topological polar surface area (TPSA) is 65.5 Å². The summed E-state index contributed by atoms with van der Waals surface area (Å²) in [5, 5.41) is 4.06. The molecule has 1 aromatic carbocycles. The van der Waals surface area contributed by atoms with Gasteiger partial charge in [-0.15, -0.1) is 0 Å². The molecule has 2 aliphatic rings. The molecule has 7 heteroatoms. The van der Waals surface area contributed by atoms with E-state index in [1.807, 2.05) is 38.1 Å². The highest BCUT2D eigenvalue weighted by Crippen LogP contribution is 2.33. The van der Waals surface area contributed by atoms with Gasteiger partial charge in [0.05, 0.1) is 19.8 Å². The Labute approximate surface area is 170 Å². The van der Waals surface area contributed by atoms with E-state index in [1.165, 1.54) is 5.56 Å². The van der Waals surface area contributed by atoms with Crippen LogP contribution >= 0.6 is 11.6 Å². The number of ether oxygens (including phenoxy) is 3. The average Bonchev–Trinajstić information content (AvgIpc) is 3.07. The normalized spacial score (nSPS) is 21.2. The lowest BCUT2D eigenvalue weighted by Crippen LogP contribution is -2.38. The third-order valence-corrected chi connectivity index (χ3v) is 5.62. The molecule has 1 atom stereocenters. The summed E-state index contributed by atoms with van der Waals surface area (Å²) in [4.78, 5) is 9.30. The molecule has 1 spiro atoms. The van der Waals surface area contributed by atoms with Crippen LogP contribution in [-0.2, 0) is 20.6 Å². The SMILES string of the molecule is Cc1nc(NCC2COC3(CCOCC3)O2)nc(C)c1Cc1ccc(Cl)cc1. The van der Waals surface area contributed by atoms with Gasteiger partial charge in [0.2, 0.25) is 5.95 Å². The molecule has 2 aliphatic heterocycles. The first-order chi connectivity index (χ1) is 13.5. The Morgan fingerprint density at radius 2 is 1.79 bits per heavy atom. The molecular weight excluding hydrogens is 378 g/mol. The standard InChI is InChI=1S/C21H26ClN3O3/c1-14-19(11-16-3-5-17(22)6-4-16)15(2)25-20(24-14)23-12-18-13-27-21(28-18)7-9-26-10-8-21/h3-6,18H,7-13H2,1-2H3,(H,23,24,25). The van der Waals surface area contributed by atoms with Crippen LogP contribution < -0.4 is 5.32 Å². The number of anilines is 1. The predicted molar refractivity (Wildman–Crippen MR) is 108 cm³/mol. The number of rotatable bonds is 5. The lowest BCUT2D eigenvalue weighted by atomic mass is 10.0. The van der Waals surface area contributed by atoms with Crippen LogP contribution in [0.15, 0.2) is 24.3 Å². The van der Waals surface area contributed by atoms with Gasteiger partial charge in [0.1, 0.15) is 6.10 Å². The van der Waals surface area contributed by atoms with Crippen molar-refractivity contribution in [2.45, 2.75) is 45.0 Å². The van der Waals surface area contributed by atoms with Gasteiger partial charge in [-0.2, -0.15) is 0 Å². The summed E-state index contributed by atoms with van der Waals surface area (Å²) >= 11 is 5.98. The van der Waals surface area contributed by atoms with Gasteiger partial charge in [-0.05, 0) is 37.1 Å². The molecule has 6 nitrogen and oxygen atoms in total. The van der Waals surface area contributed by atoms with Gasteiger partial charge in [-0.3, -0.25) is 0 Å². The van der Waals surface area contributed by atoms with E-state index in [-0.39, 0.29) is 6.10 Å². The van der Waals surface area contributed by atoms with Crippen molar-refractivity contribution in [3.8, 4) is 0 Å². The molecule has 1 unspecified atom stereocenters. The molecule has 150 valence electrons. The van der Waals surface area contributed by atoms with Crippen LogP contribution in [0.4, 0.5) is 5.95 Å². The largest absolute Gasteiger partial charge is 0.381 e. The minimum absolute atomic E-state index is 0.00365. The van der Waals surface area contributed by atoms with Crippen molar-refractivity contribution in [3.63, 3.8) is 0 Å². The van der Waals surface area contributed by atoms with Gasteiger partial charge in [0.15, 0.2) is 5.79 Å². The zero-order valence-electron chi connectivity index (χ0n) is 16.3. The Morgan fingerprint density at radius 3 is 2.46 bits per heavy atom. The second-order valence-electron chi connectivity index (χ2n) is 7.45. The zero-order valence-corrected chi connectivity index (χ0v) is 17.1. The first kappa shape index (κ1) is 19.6. The summed E-state index contributed by atoms with van der Waals surface area (Å²) in [7, 11) is 0. The third-order valence-electron chi connectivity index (χ3n) is 5.37. The second kappa shape index (κ2) is 8.33. The van der Waals surface area contributed by atoms with Crippen molar-refractivity contribution in [3.05, 3.63) is 51.8 Å². The highest BCUT2D eigenvalue weighted by Gasteiger charge is 2.42. The fourth-order valence-corrected chi connectivity index (χ4v) is 3.87. The van der Waals surface area contributed by atoms with Crippen LogP contribution in [0.5, 0.6) is 0 Å². The summed E-state index contributed by atoms with van der Waals surface area (Å²) in [5.74, 6) is 0.172. The minimum Gasteiger partial charge on any atom is -0.381 e. The lowest BCUT2D eigenvalue weighted by Gasteiger charge is -2.31. The van der Waals surface area contributed by atoms with Gasteiger partial charge in [-0.25, -0.2) is 9.97 Å². The molecule has 0 amide bonds. The molecule has 2 saturated heterocycles. The summed E-state index contributed by atoms with van der Waals surface area (Å²) in [5.41, 5.74) is 4.30. The van der Waals surface area contributed by atoms with E-state index in [4.69, 9.17) is 25.8 Å². The molecule has 0 saturated carbocycles. The second-order valence-corrected chi connectivity index (χ2v) is 7.89. The molecule has 1 aromatic heterocycles.